The zero-order valence-electron chi connectivity index (χ0n) is 14.1. The molecule has 2 heteroatoms. The van der Waals surface area contributed by atoms with Crippen LogP contribution in [0.1, 0.15) is 53.4 Å². The van der Waals surface area contributed by atoms with Gasteiger partial charge in [-0.3, -0.25) is 0 Å². The molecule has 0 saturated heterocycles. The van der Waals surface area contributed by atoms with Gasteiger partial charge in [0.15, 0.2) is 0 Å². The van der Waals surface area contributed by atoms with E-state index < -0.39 is 0 Å². The van der Waals surface area contributed by atoms with Gasteiger partial charge in [-0.1, -0.05) is 45.9 Å². The first-order valence-corrected chi connectivity index (χ1v) is 8.28. The summed E-state index contributed by atoms with van der Waals surface area (Å²) in [6.07, 6.45) is 4.97. The fourth-order valence-corrected chi connectivity index (χ4v) is 4.08. The Morgan fingerprint density at radius 2 is 1.67 bits per heavy atom. The fourth-order valence-electron chi connectivity index (χ4n) is 4.08. The normalized spacial score (nSPS) is 21.1. The first kappa shape index (κ1) is 16.4. The molecule has 21 heavy (non-hydrogen) atoms. The molecule has 1 saturated carbocycles. The topological polar surface area (TPSA) is 21.3 Å². The summed E-state index contributed by atoms with van der Waals surface area (Å²) in [5.74, 6) is 0.970. The minimum atomic E-state index is 0.458. The van der Waals surface area contributed by atoms with E-state index in [0.29, 0.717) is 16.9 Å². The van der Waals surface area contributed by atoms with Gasteiger partial charge in [-0.15, -0.1) is 0 Å². The molecule has 1 N–H and O–H groups in total. The van der Waals surface area contributed by atoms with E-state index in [2.05, 4.69) is 33.0 Å². The predicted octanol–water partition coefficient (Wildman–Crippen LogP) is 4.65. The van der Waals surface area contributed by atoms with Gasteiger partial charge in [0.2, 0.25) is 0 Å². The zero-order chi connectivity index (χ0) is 15.3. The van der Waals surface area contributed by atoms with Crippen LogP contribution in [0.3, 0.4) is 0 Å². The Hall–Kier alpha value is -1.02. The summed E-state index contributed by atoms with van der Waals surface area (Å²) in [4.78, 5) is 0. The second-order valence-corrected chi connectivity index (χ2v) is 8.08. The molecule has 0 amide bonds. The number of hydrogen-bond acceptors (Lipinski definition) is 2. The highest BCUT2D eigenvalue weighted by molar-refractivity contribution is 5.20. The molecule has 1 fully saturated rings. The predicted molar refractivity (Wildman–Crippen MR) is 89.8 cm³/mol. The van der Waals surface area contributed by atoms with Crippen molar-refractivity contribution in [2.75, 3.05) is 13.2 Å². The number of rotatable bonds is 6. The minimum absolute atomic E-state index is 0.458. The Balaban J connectivity index is 1.66. The number of hydrogen-bond donors (Lipinski definition) is 1. The smallest absolute Gasteiger partial charge is 0.119 e. The summed E-state index contributed by atoms with van der Waals surface area (Å²) in [5.41, 5.74) is 0.917. The molecular formula is C19H31NO. The maximum Gasteiger partial charge on any atom is 0.119 e. The van der Waals surface area contributed by atoms with Crippen molar-refractivity contribution < 1.29 is 4.74 Å². The average molecular weight is 289 g/mol. The lowest BCUT2D eigenvalue weighted by atomic mass is 9.63. The Labute approximate surface area is 130 Å². The van der Waals surface area contributed by atoms with E-state index in [1.165, 1.54) is 19.3 Å². The lowest BCUT2D eigenvalue weighted by Gasteiger charge is -2.45. The van der Waals surface area contributed by atoms with Crippen LogP contribution in [-0.4, -0.2) is 19.2 Å². The number of para-hydroxylation sites is 1. The number of ether oxygens (including phenoxy) is 1. The molecular weight excluding hydrogens is 258 g/mol. The van der Waals surface area contributed by atoms with Crippen LogP contribution in [0.25, 0.3) is 0 Å². The van der Waals surface area contributed by atoms with Crippen LogP contribution < -0.4 is 10.1 Å². The van der Waals surface area contributed by atoms with Crippen molar-refractivity contribution in [3.63, 3.8) is 0 Å². The molecule has 0 radical (unpaired) electrons. The maximum atomic E-state index is 5.74. The lowest BCUT2D eigenvalue weighted by Crippen LogP contribution is -2.44. The van der Waals surface area contributed by atoms with Crippen molar-refractivity contribution >= 4 is 0 Å². The Morgan fingerprint density at radius 1 is 1.05 bits per heavy atom. The van der Waals surface area contributed by atoms with Crippen LogP contribution in [0.4, 0.5) is 0 Å². The summed E-state index contributed by atoms with van der Waals surface area (Å²) in [6.45, 7) is 11.4. The lowest BCUT2D eigenvalue weighted by molar-refractivity contribution is 0.0847. The summed E-state index contributed by atoms with van der Waals surface area (Å²) < 4.78 is 5.74. The fraction of sp³-hybridized carbons (Fsp3) is 0.684. The molecule has 118 valence electrons. The molecule has 0 unspecified atom stereocenters. The second kappa shape index (κ2) is 6.83. The molecule has 1 aliphatic carbocycles. The molecule has 0 atom stereocenters. The van der Waals surface area contributed by atoms with Crippen molar-refractivity contribution in [1.82, 2.24) is 5.32 Å². The van der Waals surface area contributed by atoms with Gasteiger partial charge in [0.1, 0.15) is 5.75 Å². The molecule has 1 aromatic rings. The van der Waals surface area contributed by atoms with Gasteiger partial charge < -0.3 is 10.1 Å². The van der Waals surface area contributed by atoms with Gasteiger partial charge in [-0.25, -0.2) is 0 Å². The van der Waals surface area contributed by atoms with Gasteiger partial charge in [0, 0.05) is 6.04 Å². The Morgan fingerprint density at radius 3 is 2.29 bits per heavy atom. The molecule has 1 aliphatic rings. The minimum Gasteiger partial charge on any atom is -0.494 e. The number of benzene rings is 1. The van der Waals surface area contributed by atoms with E-state index >= 15 is 0 Å². The van der Waals surface area contributed by atoms with Crippen LogP contribution in [0.15, 0.2) is 30.3 Å². The average Bonchev–Trinajstić information content (AvgIpc) is 2.36. The van der Waals surface area contributed by atoms with E-state index in [0.717, 1.165) is 25.3 Å². The molecule has 0 heterocycles. The Kier molecular flexibility index (Phi) is 5.32. The second-order valence-electron chi connectivity index (χ2n) is 8.08. The van der Waals surface area contributed by atoms with Crippen molar-refractivity contribution in [1.29, 1.82) is 0 Å². The SMILES string of the molecule is CC1(C)CC(NCCCOc2ccccc2)CC(C)(C)C1. The number of nitrogens with one attached hydrogen (secondary N) is 1. The van der Waals surface area contributed by atoms with Crippen molar-refractivity contribution in [2.24, 2.45) is 10.8 Å². The van der Waals surface area contributed by atoms with Crippen LogP contribution in [0.5, 0.6) is 5.75 Å². The summed E-state index contributed by atoms with van der Waals surface area (Å²) in [5, 5.41) is 3.74. The van der Waals surface area contributed by atoms with Gasteiger partial charge in [-0.05, 0) is 55.2 Å². The third-order valence-corrected chi connectivity index (χ3v) is 4.32. The van der Waals surface area contributed by atoms with E-state index in [4.69, 9.17) is 4.74 Å². The quantitative estimate of drug-likeness (QED) is 0.770. The van der Waals surface area contributed by atoms with Crippen LogP contribution in [0.2, 0.25) is 0 Å². The summed E-state index contributed by atoms with van der Waals surface area (Å²) in [7, 11) is 0. The molecule has 2 rings (SSSR count). The van der Waals surface area contributed by atoms with Gasteiger partial charge >= 0.3 is 0 Å². The van der Waals surface area contributed by atoms with Crippen LogP contribution >= 0.6 is 0 Å². The zero-order valence-corrected chi connectivity index (χ0v) is 14.1. The Bertz CT molecular complexity index is 408. The maximum absolute atomic E-state index is 5.74. The molecule has 2 nitrogen and oxygen atoms in total. The van der Waals surface area contributed by atoms with Crippen LogP contribution in [0, 0.1) is 10.8 Å². The monoisotopic (exact) mass is 289 g/mol. The molecule has 0 bridgehead atoms. The van der Waals surface area contributed by atoms with Gasteiger partial charge in [0.25, 0.3) is 0 Å². The molecule has 0 spiro atoms. The first-order chi connectivity index (χ1) is 9.86. The molecule has 0 aromatic heterocycles. The molecule has 0 aliphatic heterocycles. The van der Waals surface area contributed by atoms with E-state index in [-0.39, 0.29) is 0 Å². The van der Waals surface area contributed by atoms with E-state index in [1.54, 1.807) is 0 Å². The first-order valence-electron chi connectivity index (χ1n) is 8.28. The third-order valence-electron chi connectivity index (χ3n) is 4.32. The van der Waals surface area contributed by atoms with Crippen molar-refractivity contribution in [3.8, 4) is 5.75 Å². The van der Waals surface area contributed by atoms with Crippen molar-refractivity contribution in [3.05, 3.63) is 30.3 Å². The standard InChI is InChI=1S/C19H31NO/c1-18(2)13-16(14-19(3,4)15-18)20-11-8-12-21-17-9-6-5-7-10-17/h5-7,9-10,16,20H,8,11-15H2,1-4H3. The summed E-state index contributed by atoms with van der Waals surface area (Å²) in [6, 6.07) is 10.7. The highest BCUT2D eigenvalue weighted by Gasteiger charge is 2.37. The molecule has 1 aromatic carbocycles. The summed E-state index contributed by atoms with van der Waals surface area (Å²) >= 11 is 0. The largest absolute Gasteiger partial charge is 0.494 e. The van der Waals surface area contributed by atoms with E-state index in [9.17, 15) is 0 Å². The van der Waals surface area contributed by atoms with Crippen LogP contribution in [-0.2, 0) is 0 Å². The highest BCUT2D eigenvalue weighted by atomic mass is 16.5. The van der Waals surface area contributed by atoms with Crippen molar-refractivity contribution in [2.45, 2.75) is 59.4 Å². The third kappa shape index (κ3) is 5.70. The van der Waals surface area contributed by atoms with Gasteiger partial charge in [0.05, 0.1) is 6.61 Å². The van der Waals surface area contributed by atoms with E-state index in [1.807, 2.05) is 30.3 Å². The highest BCUT2D eigenvalue weighted by Crippen LogP contribution is 2.45. The van der Waals surface area contributed by atoms with Gasteiger partial charge in [-0.2, -0.15) is 0 Å².